The Bertz CT molecular complexity index is 844. The molecular formula is C22H26N2O4. The van der Waals surface area contributed by atoms with Crippen molar-refractivity contribution in [3.05, 3.63) is 53.6 Å². The van der Waals surface area contributed by atoms with Gasteiger partial charge in [-0.2, -0.15) is 0 Å². The fraction of sp³-hybridized carbons (Fsp3) is 0.318. The molecule has 6 nitrogen and oxygen atoms in total. The Morgan fingerprint density at radius 2 is 1.96 bits per heavy atom. The van der Waals surface area contributed by atoms with Gasteiger partial charge in [-0.3, -0.25) is 4.79 Å². The SMILES string of the molecule is COc1cccc2c1OCC(C(=O)Nc1ccc(OCCCN(C)C)cc1)=C2. The maximum absolute atomic E-state index is 12.6. The van der Waals surface area contributed by atoms with Gasteiger partial charge in [-0.1, -0.05) is 12.1 Å². The van der Waals surface area contributed by atoms with Crippen molar-refractivity contribution in [1.82, 2.24) is 4.90 Å². The molecule has 0 spiro atoms. The van der Waals surface area contributed by atoms with Gasteiger partial charge in [0, 0.05) is 17.8 Å². The molecule has 1 N–H and O–H groups in total. The average Bonchev–Trinajstić information content (AvgIpc) is 2.71. The molecule has 0 unspecified atom stereocenters. The van der Waals surface area contributed by atoms with Gasteiger partial charge in [0.25, 0.3) is 5.91 Å². The molecule has 0 radical (unpaired) electrons. The van der Waals surface area contributed by atoms with E-state index in [9.17, 15) is 4.79 Å². The van der Waals surface area contributed by atoms with Crippen LogP contribution in [0.15, 0.2) is 48.0 Å². The molecule has 3 rings (SSSR count). The summed E-state index contributed by atoms with van der Waals surface area (Å²) >= 11 is 0. The fourth-order valence-corrected chi connectivity index (χ4v) is 2.89. The summed E-state index contributed by atoms with van der Waals surface area (Å²) in [7, 11) is 5.68. The predicted octanol–water partition coefficient (Wildman–Crippen LogP) is 3.44. The van der Waals surface area contributed by atoms with Gasteiger partial charge in [-0.15, -0.1) is 0 Å². The number of anilines is 1. The zero-order valence-corrected chi connectivity index (χ0v) is 16.5. The van der Waals surface area contributed by atoms with Crippen molar-refractivity contribution in [2.45, 2.75) is 6.42 Å². The van der Waals surface area contributed by atoms with Crippen LogP contribution >= 0.6 is 0 Å². The molecule has 0 saturated carbocycles. The summed E-state index contributed by atoms with van der Waals surface area (Å²) in [5.74, 6) is 1.93. The van der Waals surface area contributed by atoms with E-state index in [1.807, 2.05) is 62.6 Å². The second kappa shape index (κ2) is 9.28. The van der Waals surface area contributed by atoms with E-state index in [0.29, 0.717) is 29.4 Å². The van der Waals surface area contributed by atoms with Gasteiger partial charge in [0.05, 0.1) is 19.3 Å². The summed E-state index contributed by atoms with van der Waals surface area (Å²) in [6.45, 7) is 1.85. The van der Waals surface area contributed by atoms with Crippen LogP contribution in [0.5, 0.6) is 17.2 Å². The van der Waals surface area contributed by atoms with Crippen molar-refractivity contribution in [2.24, 2.45) is 0 Å². The predicted molar refractivity (Wildman–Crippen MR) is 110 cm³/mol. The molecule has 2 aromatic rings. The van der Waals surface area contributed by atoms with Crippen LogP contribution in [0.2, 0.25) is 0 Å². The maximum Gasteiger partial charge on any atom is 0.255 e. The Hall–Kier alpha value is -2.99. The number of hydrogen-bond donors (Lipinski definition) is 1. The number of carbonyl (C=O) groups is 1. The van der Waals surface area contributed by atoms with Gasteiger partial charge in [-0.25, -0.2) is 0 Å². The Labute approximate surface area is 165 Å². The molecule has 0 saturated heterocycles. The molecule has 0 aliphatic carbocycles. The van der Waals surface area contributed by atoms with Crippen molar-refractivity contribution < 1.29 is 19.0 Å². The van der Waals surface area contributed by atoms with Gasteiger partial charge in [-0.05, 0) is 56.9 Å². The monoisotopic (exact) mass is 382 g/mol. The lowest BCUT2D eigenvalue weighted by Crippen LogP contribution is -2.21. The Morgan fingerprint density at radius 3 is 2.68 bits per heavy atom. The van der Waals surface area contributed by atoms with Gasteiger partial charge in [0.15, 0.2) is 11.5 Å². The molecule has 6 heteroatoms. The van der Waals surface area contributed by atoms with Crippen molar-refractivity contribution >= 4 is 17.7 Å². The highest BCUT2D eigenvalue weighted by molar-refractivity contribution is 6.07. The highest BCUT2D eigenvalue weighted by Gasteiger charge is 2.20. The first-order valence-corrected chi connectivity index (χ1v) is 9.26. The van der Waals surface area contributed by atoms with Gasteiger partial charge in [0.2, 0.25) is 0 Å². The van der Waals surface area contributed by atoms with Crippen molar-refractivity contribution in [1.29, 1.82) is 0 Å². The quantitative estimate of drug-likeness (QED) is 0.709. The number of nitrogens with one attached hydrogen (secondary N) is 1. The third kappa shape index (κ3) is 5.04. The summed E-state index contributed by atoms with van der Waals surface area (Å²) in [6.07, 6.45) is 2.80. The second-order valence-corrected chi connectivity index (χ2v) is 6.82. The number of para-hydroxylation sites is 1. The highest BCUT2D eigenvalue weighted by Crippen LogP contribution is 2.35. The molecule has 1 heterocycles. The lowest BCUT2D eigenvalue weighted by Gasteiger charge is -2.19. The molecule has 1 aliphatic rings. The second-order valence-electron chi connectivity index (χ2n) is 6.82. The van der Waals surface area contributed by atoms with Crippen LogP contribution < -0.4 is 19.5 Å². The average molecular weight is 382 g/mol. The minimum absolute atomic E-state index is 0.187. The molecule has 2 aromatic carbocycles. The first-order chi connectivity index (χ1) is 13.6. The highest BCUT2D eigenvalue weighted by atomic mass is 16.5. The molecule has 148 valence electrons. The van der Waals surface area contributed by atoms with Crippen molar-refractivity contribution in [2.75, 3.05) is 46.3 Å². The van der Waals surface area contributed by atoms with E-state index < -0.39 is 0 Å². The van der Waals surface area contributed by atoms with E-state index in [2.05, 4.69) is 10.2 Å². The number of nitrogens with zero attached hydrogens (tertiary/aromatic N) is 1. The minimum Gasteiger partial charge on any atom is -0.494 e. The minimum atomic E-state index is -0.187. The fourth-order valence-electron chi connectivity index (χ4n) is 2.89. The van der Waals surface area contributed by atoms with E-state index >= 15 is 0 Å². The van der Waals surface area contributed by atoms with E-state index in [1.165, 1.54) is 0 Å². The molecule has 0 fully saturated rings. The molecule has 28 heavy (non-hydrogen) atoms. The van der Waals surface area contributed by atoms with Gasteiger partial charge >= 0.3 is 0 Å². The van der Waals surface area contributed by atoms with E-state index in [-0.39, 0.29) is 12.5 Å². The molecule has 1 amide bonds. The lowest BCUT2D eigenvalue weighted by atomic mass is 10.1. The number of rotatable bonds is 8. The van der Waals surface area contributed by atoms with Crippen LogP contribution in [-0.4, -0.2) is 51.8 Å². The summed E-state index contributed by atoms with van der Waals surface area (Å²) < 4.78 is 16.7. The summed E-state index contributed by atoms with van der Waals surface area (Å²) in [5.41, 5.74) is 2.10. The smallest absolute Gasteiger partial charge is 0.255 e. The first-order valence-electron chi connectivity index (χ1n) is 9.26. The number of carbonyl (C=O) groups excluding carboxylic acids is 1. The van der Waals surface area contributed by atoms with Crippen LogP contribution in [0.3, 0.4) is 0 Å². The maximum atomic E-state index is 12.6. The third-order valence-corrected chi connectivity index (χ3v) is 4.35. The topological polar surface area (TPSA) is 60.0 Å². The Kier molecular flexibility index (Phi) is 6.55. The van der Waals surface area contributed by atoms with E-state index in [1.54, 1.807) is 7.11 Å². The molecule has 0 bridgehead atoms. The Morgan fingerprint density at radius 1 is 1.18 bits per heavy atom. The van der Waals surface area contributed by atoms with Crippen LogP contribution in [0, 0.1) is 0 Å². The number of ether oxygens (including phenoxy) is 3. The Balaban J connectivity index is 1.58. The molecule has 0 aromatic heterocycles. The van der Waals surface area contributed by atoms with E-state index in [4.69, 9.17) is 14.2 Å². The zero-order valence-electron chi connectivity index (χ0n) is 16.5. The number of benzene rings is 2. The standard InChI is InChI=1S/C22H26N2O4/c1-24(2)12-5-13-27-19-10-8-18(9-11-19)23-22(25)17-14-16-6-4-7-20(26-3)21(16)28-15-17/h4,6-11,14H,5,12-13,15H2,1-3H3,(H,23,25). The molecular weight excluding hydrogens is 356 g/mol. The van der Waals surface area contributed by atoms with Crippen molar-refractivity contribution in [3.63, 3.8) is 0 Å². The number of hydrogen-bond acceptors (Lipinski definition) is 5. The zero-order chi connectivity index (χ0) is 19.9. The lowest BCUT2D eigenvalue weighted by molar-refractivity contribution is -0.113. The van der Waals surface area contributed by atoms with Gasteiger partial charge < -0.3 is 24.4 Å². The van der Waals surface area contributed by atoms with E-state index in [0.717, 1.165) is 24.3 Å². The summed E-state index contributed by atoms with van der Waals surface area (Å²) in [5, 5.41) is 2.90. The molecule has 1 aliphatic heterocycles. The third-order valence-electron chi connectivity index (χ3n) is 4.35. The number of fused-ring (bicyclic) bond motifs is 1. The van der Waals surface area contributed by atoms with Crippen LogP contribution in [0.4, 0.5) is 5.69 Å². The van der Waals surface area contributed by atoms with Crippen LogP contribution in [-0.2, 0) is 4.79 Å². The summed E-state index contributed by atoms with van der Waals surface area (Å²) in [6, 6.07) is 13.0. The normalized spacial score (nSPS) is 12.6. The molecule has 0 atom stereocenters. The summed E-state index contributed by atoms with van der Waals surface area (Å²) in [4.78, 5) is 14.7. The largest absolute Gasteiger partial charge is 0.494 e. The van der Waals surface area contributed by atoms with Crippen LogP contribution in [0.25, 0.3) is 6.08 Å². The van der Waals surface area contributed by atoms with Gasteiger partial charge in [0.1, 0.15) is 12.4 Å². The first kappa shape index (κ1) is 19.8. The van der Waals surface area contributed by atoms with Crippen molar-refractivity contribution in [3.8, 4) is 17.2 Å². The number of amides is 1. The number of methoxy groups -OCH3 is 1. The van der Waals surface area contributed by atoms with Crippen LogP contribution in [0.1, 0.15) is 12.0 Å².